The summed E-state index contributed by atoms with van der Waals surface area (Å²) >= 11 is 0. The molecule has 0 atom stereocenters. The van der Waals surface area contributed by atoms with Gasteiger partial charge in [0.1, 0.15) is 0 Å². The first kappa shape index (κ1) is 12.3. The Balaban J connectivity index is 2.39. The first-order valence-corrected chi connectivity index (χ1v) is 5.16. The van der Waals surface area contributed by atoms with Gasteiger partial charge in [0.2, 0.25) is 0 Å². The molecule has 0 bridgehead atoms. The number of aliphatic carboxylic acids is 1. The molecule has 0 heterocycles. The van der Waals surface area contributed by atoms with Crippen LogP contribution in [0.15, 0.2) is 24.3 Å². The molecule has 0 saturated heterocycles. The van der Waals surface area contributed by atoms with Crippen LogP contribution in [0.25, 0.3) is 0 Å². The highest BCUT2D eigenvalue weighted by Crippen LogP contribution is 2.05. The van der Waals surface area contributed by atoms with Crippen LogP contribution in [0.5, 0.6) is 0 Å². The normalized spacial score (nSPS) is 9.69. The van der Waals surface area contributed by atoms with Crippen molar-refractivity contribution in [2.24, 2.45) is 0 Å². The third-order valence-electron chi connectivity index (χ3n) is 2.15. The molecule has 0 aliphatic heterocycles. The standard InChI is InChI=1S/C13H15NO2/c1-2-3-8-14-10-12-6-4-11(5-7-12)9-13(15)16/h1,4-7,14H,3,8-10H2,(H,15,16). The average Bonchev–Trinajstić information content (AvgIpc) is 2.26. The highest BCUT2D eigenvalue weighted by Gasteiger charge is 1.99. The number of carboxylic acids is 1. The van der Waals surface area contributed by atoms with E-state index >= 15 is 0 Å². The number of rotatable bonds is 6. The Kier molecular flexibility index (Phi) is 5.10. The predicted octanol–water partition coefficient (Wildman–Crippen LogP) is 1.43. The van der Waals surface area contributed by atoms with Crippen LogP contribution in [-0.2, 0) is 17.8 Å². The molecule has 0 aromatic heterocycles. The van der Waals surface area contributed by atoms with Gasteiger partial charge in [-0.1, -0.05) is 24.3 Å². The van der Waals surface area contributed by atoms with Crippen molar-refractivity contribution < 1.29 is 9.90 Å². The van der Waals surface area contributed by atoms with E-state index in [1.165, 1.54) is 0 Å². The monoisotopic (exact) mass is 217 g/mol. The number of carbonyl (C=O) groups is 1. The van der Waals surface area contributed by atoms with E-state index < -0.39 is 5.97 Å². The highest BCUT2D eigenvalue weighted by atomic mass is 16.4. The number of carboxylic acid groups (broad SMARTS) is 1. The molecule has 0 amide bonds. The molecule has 84 valence electrons. The summed E-state index contributed by atoms with van der Waals surface area (Å²) in [7, 11) is 0. The highest BCUT2D eigenvalue weighted by molar-refractivity contribution is 5.70. The molecule has 0 saturated carbocycles. The second-order valence-electron chi connectivity index (χ2n) is 3.52. The number of nitrogens with one attached hydrogen (secondary N) is 1. The van der Waals surface area contributed by atoms with Crippen LogP contribution in [0.2, 0.25) is 0 Å². The summed E-state index contributed by atoms with van der Waals surface area (Å²) in [5, 5.41) is 11.8. The van der Waals surface area contributed by atoms with Gasteiger partial charge < -0.3 is 10.4 Å². The Morgan fingerprint density at radius 2 is 1.94 bits per heavy atom. The first-order valence-electron chi connectivity index (χ1n) is 5.16. The van der Waals surface area contributed by atoms with E-state index in [-0.39, 0.29) is 6.42 Å². The number of hydrogen-bond donors (Lipinski definition) is 2. The second-order valence-corrected chi connectivity index (χ2v) is 3.52. The molecule has 2 N–H and O–H groups in total. The van der Waals surface area contributed by atoms with Crippen molar-refractivity contribution in [1.29, 1.82) is 0 Å². The Bertz CT molecular complexity index is 376. The molecule has 1 aromatic rings. The van der Waals surface area contributed by atoms with E-state index in [1.54, 1.807) is 0 Å². The molecule has 0 spiro atoms. The number of benzene rings is 1. The van der Waals surface area contributed by atoms with E-state index in [0.29, 0.717) is 0 Å². The van der Waals surface area contributed by atoms with Crippen molar-refractivity contribution in [3.63, 3.8) is 0 Å². The van der Waals surface area contributed by atoms with E-state index in [0.717, 1.165) is 30.6 Å². The Morgan fingerprint density at radius 1 is 1.31 bits per heavy atom. The summed E-state index contributed by atoms with van der Waals surface area (Å²) in [6.07, 6.45) is 5.92. The van der Waals surface area contributed by atoms with Gasteiger partial charge >= 0.3 is 5.97 Å². The van der Waals surface area contributed by atoms with Crippen molar-refractivity contribution in [1.82, 2.24) is 5.32 Å². The van der Waals surface area contributed by atoms with E-state index in [9.17, 15) is 4.79 Å². The molecule has 3 heteroatoms. The molecule has 0 fully saturated rings. The maximum atomic E-state index is 10.5. The summed E-state index contributed by atoms with van der Waals surface area (Å²) in [4.78, 5) is 10.5. The molecular weight excluding hydrogens is 202 g/mol. The van der Waals surface area contributed by atoms with Crippen molar-refractivity contribution in [2.75, 3.05) is 6.54 Å². The van der Waals surface area contributed by atoms with Crippen LogP contribution in [0.1, 0.15) is 17.5 Å². The van der Waals surface area contributed by atoms with E-state index in [2.05, 4.69) is 11.2 Å². The summed E-state index contributed by atoms with van der Waals surface area (Å²) in [6, 6.07) is 7.54. The van der Waals surface area contributed by atoms with Crippen LogP contribution in [0, 0.1) is 12.3 Å². The van der Waals surface area contributed by atoms with E-state index in [4.69, 9.17) is 11.5 Å². The van der Waals surface area contributed by atoms with Gasteiger partial charge in [0.05, 0.1) is 6.42 Å². The third kappa shape index (κ3) is 4.63. The largest absolute Gasteiger partial charge is 0.481 e. The van der Waals surface area contributed by atoms with Gasteiger partial charge in [0.15, 0.2) is 0 Å². The van der Waals surface area contributed by atoms with Crippen molar-refractivity contribution in [2.45, 2.75) is 19.4 Å². The van der Waals surface area contributed by atoms with Crippen LogP contribution in [0.4, 0.5) is 0 Å². The molecule has 0 aliphatic rings. The maximum Gasteiger partial charge on any atom is 0.307 e. The molecule has 0 radical (unpaired) electrons. The second kappa shape index (κ2) is 6.65. The minimum atomic E-state index is -0.806. The smallest absolute Gasteiger partial charge is 0.307 e. The molecule has 16 heavy (non-hydrogen) atoms. The topological polar surface area (TPSA) is 49.3 Å². The lowest BCUT2D eigenvalue weighted by Crippen LogP contribution is -2.14. The zero-order valence-corrected chi connectivity index (χ0v) is 9.07. The van der Waals surface area contributed by atoms with Crippen molar-refractivity contribution in [3.05, 3.63) is 35.4 Å². The molecule has 0 aliphatic carbocycles. The fourth-order valence-corrected chi connectivity index (χ4v) is 1.34. The van der Waals surface area contributed by atoms with Crippen LogP contribution in [0.3, 0.4) is 0 Å². The minimum absolute atomic E-state index is 0.0742. The maximum absolute atomic E-state index is 10.5. The van der Waals surface area contributed by atoms with Gasteiger partial charge in [-0.2, -0.15) is 0 Å². The lowest BCUT2D eigenvalue weighted by Gasteiger charge is -2.03. The minimum Gasteiger partial charge on any atom is -0.481 e. The van der Waals surface area contributed by atoms with Crippen LogP contribution >= 0.6 is 0 Å². The van der Waals surface area contributed by atoms with Gasteiger partial charge in [-0.25, -0.2) is 0 Å². The van der Waals surface area contributed by atoms with Crippen molar-refractivity contribution in [3.8, 4) is 12.3 Å². The summed E-state index contributed by atoms with van der Waals surface area (Å²) in [5.41, 5.74) is 1.95. The summed E-state index contributed by atoms with van der Waals surface area (Å²) in [6.45, 7) is 1.56. The average molecular weight is 217 g/mol. The van der Waals surface area contributed by atoms with Crippen molar-refractivity contribution >= 4 is 5.97 Å². The predicted molar refractivity (Wildman–Crippen MR) is 62.9 cm³/mol. The Morgan fingerprint density at radius 3 is 2.50 bits per heavy atom. The number of hydrogen-bond acceptors (Lipinski definition) is 2. The molecule has 0 unspecified atom stereocenters. The molecule has 1 aromatic carbocycles. The summed E-state index contributed by atoms with van der Waals surface area (Å²) < 4.78 is 0. The van der Waals surface area contributed by atoms with Crippen LogP contribution in [-0.4, -0.2) is 17.6 Å². The number of terminal acetylenes is 1. The summed E-state index contributed by atoms with van der Waals surface area (Å²) in [5.74, 6) is 1.75. The Hall–Kier alpha value is -1.79. The van der Waals surface area contributed by atoms with Gasteiger partial charge in [0.25, 0.3) is 0 Å². The van der Waals surface area contributed by atoms with Gasteiger partial charge in [0, 0.05) is 19.5 Å². The SMILES string of the molecule is C#CCCNCc1ccc(CC(=O)O)cc1. The lowest BCUT2D eigenvalue weighted by molar-refractivity contribution is -0.136. The third-order valence-corrected chi connectivity index (χ3v) is 2.15. The molecule has 1 rings (SSSR count). The Labute approximate surface area is 95.5 Å². The zero-order chi connectivity index (χ0) is 11.8. The first-order chi connectivity index (χ1) is 7.72. The van der Waals surface area contributed by atoms with Gasteiger partial charge in [-0.3, -0.25) is 4.79 Å². The van der Waals surface area contributed by atoms with Gasteiger partial charge in [-0.15, -0.1) is 12.3 Å². The zero-order valence-electron chi connectivity index (χ0n) is 9.07. The fraction of sp³-hybridized carbons (Fsp3) is 0.308. The van der Waals surface area contributed by atoms with Gasteiger partial charge in [-0.05, 0) is 11.1 Å². The molecule has 3 nitrogen and oxygen atoms in total. The van der Waals surface area contributed by atoms with Crippen LogP contribution < -0.4 is 5.32 Å². The lowest BCUT2D eigenvalue weighted by atomic mass is 10.1. The quantitative estimate of drug-likeness (QED) is 0.559. The van der Waals surface area contributed by atoms with E-state index in [1.807, 2.05) is 24.3 Å². The molecular formula is C13H15NO2. The fourth-order valence-electron chi connectivity index (χ4n) is 1.34.